The maximum atomic E-state index is 11.9. The van der Waals surface area contributed by atoms with Gasteiger partial charge >= 0.3 is 6.09 Å². The van der Waals surface area contributed by atoms with Crippen LogP contribution in [-0.2, 0) is 4.74 Å². The number of likely N-dealkylation sites (tertiary alicyclic amines) is 1. The second kappa shape index (κ2) is 6.76. The van der Waals surface area contributed by atoms with Gasteiger partial charge in [-0.2, -0.15) is 0 Å². The van der Waals surface area contributed by atoms with E-state index in [4.69, 9.17) is 4.74 Å². The Balaban J connectivity index is 1.39. The number of nitrogens with zero attached hydrogens (tertiary/aromatic N) is 3. The van der Waals surface area contributed by atoms with E-state index in [1.54, 1.807) is 4.90 Å². The molecule has 1 aromatic carbocycles. The number of anilines is 1. The molecule has 0 unspecified atom stereocenters. The van der Waals surface area contributed by atoms with Gasteiger partial charge in [0, 0.05) is 38.4 Å². The van der Waals surface area contributed by atoms with Crippen LogP contribution in [0.5, 0.6) is 0 Å². The molecule has 1 spiro atoms. The number of aryl methyl sites for hydroxylation is 1. The van der Waals surface area contributed by atoms with Crippen LogP contribution in [0.2, 0.25) is 0 Å². The van der Waals surface area contributed by atoms with E-state index in [0.717, 1.165) is 45.6 Å². The highest BCUT2D eigenvalue weighted by Crippen LogP contribution is 2.34. The Morgan fingerprint density at radius 1 is 1.12 bits per heavy atom. The lowest BCUT2D eigenvalue weighted by Crippen LogP contribution is -2.55. The SMILES string of the molecule is Cc1cccc(N2CCC(N3CCC[C@@]4(CN(C)C(=O)O4)C3)CC2)c1C. The van der Waals surface area contributed by atoms with E-state index in [1.807, 2.05) is 7.05 Å². The minimum absolute atomic E-state index is 0.156. The van der Waals surface area contributed by atoms with Crippen molar-refractivity contribution in [3.8, 4) is 0 Å². The number of hydrogen-bond donors (Lipinski definition) is 0. The van der Waals surface area contributed by atoms with E-state index >= 15 is 0 Å². The lowest BCUT2D eigenvalue weighted by Gasteiger charge is -2.45. The first kappa shape index (κ1) is 17.7. The first-order valence-corrected chi connectivity index (χ1v) is 9.97. The number of carbonyl (C=O) groups excluding carboxylic acids is 1. The Bertz CT molecular complexity index is 684. The molecule has 5 heteroatoms. The summed E-state index contributed by atoms with van der Waals surface area (Å²) in [5, 5.41) is 0. The molecule has 3 aliphatic heterocycles. The third-order valence-corrected chi connectivity index (χ3v) is 6.61. The van der Waals surface area contributed by atoms with Gasteiger partial charge in [-0.15, -0.1) is 0 Å². The molecule has 0 aliphatic carbocycles. The number of rotatable bonds is 2. The fourth-order valence-corrected chi connectivity index (χ4v) is 5.00. The molecule has 3 aliphatic rings. The Morgan fingerprint density at radius 2 is 1.88 bits per heavy atom. The van der Waals surface area contributed by atoms with Gasteiger partial charge in [-0.25, -0.2) is 4.79 Å². The topological polar surface area (TPSA) is 36.0 Å². The minimum atomic E-state index is -0.269. The van der Waals surface area contributed by atoms with Crippen LogP contribution in [0.3, 0.4) is 0 Å². The third-order valence-electron chi connectivity index (χ3n) is 6.61. The van der Waals surface area contributed by atoms with Gasteiger partial charge in [0.15, 0.2) is 0 Å². The predicted octanol–water partition coefficient (Wildman–Crippen LogP) is 3.19. The van der Waals surface area contributed by atoms with Crippen LogP contribution in [0, 0.1) is 13.8 Å². The molecule has 1 atom stereocenters. The molecule has 1 aromatic rings. The van der Waals surface area contributed by atoms with Gasteiger partial charge in [-0.1, -0.05) is 12.1 Å². The Kier molecular flexibility index (Phi) is 4.59. The van der Waals surface area contributed by atoms with Crippen LogP contribution in [0.1, 0.15) is 36.8 Å². The molecule has 3 fully saturated rings. The van der Waals surface area contributed by atoms with E-state index in [9.17, 15) is 4.79 Å². The van der Waals surface area contributed by atoms with Crippen LogP contribution in [0.15, 0.2) is 18.2 Å². The number of carbonyl (C=O) groups is 1. The minimum Gasteiger partial charge on any atom is -0.440 e. The maximum absolute atomic E-state index is 11.9. The summed E-state index contributed by atoms with van der Waals surface area (Å²) in [5.74, 6) is 0. The fraction of sp³-hybridized carbons (Fsp3) is 0.667. The lowest BCUT2D eigenvalue weighted by atomic mass is 9.90. The molecule has 5 nitrogen and oxygen atoms in total. The second-order valence-electron chi connectivity index (χ2n) is 8.42. The lowest BCUT2D eigenvalue weighted by molar-refractivity contribution is -0.0261. The molecule has 0 N–H and O–H groups in total. The number of likely N-dealkylation sites (N-methyl/N-ethyl adjacent to an activating group) is 1. The van der Waals surface area contributed by atoms with Crippen molar-refractivity contribution in [1.29, 1.82) is 0 Å². The molecule has 0 aromatic heterocycles. The van der Waals surface area contributed by atoms with Crippen molar-refractivity contribution in [2.24, 2.45) is 0 Å². The zero-order chi connectivity index (χ0) is 18.3. The van der Waals surface area contributed by atoms with E-state index in [2.05, 4.69) is 41.8 Å². The van der Waals surface area contributed by atoms with Crippen molar-refractivity contribution in [3.63, 3.8) is 0 Å². The normalized spacial score (nSPS) is 28.0. The highest BCUT2D eigenvalue weighted by molar-refractivity contribution is 5.70. The number of benzene rings is 1. The highest BCUT2D eigenvalue weighted by atomic mass is 16.6. The Labute approximate surface area is 156 Å². The third kappa shape index (κ3) is 3.18. The molecule has 26 heavy (non-hydrogen) atoms. The van der Waals surface area contributed by atoms with Gasteiger partial charge < -0.3 is 14.5 Å². The average molecular weight is 357 g/mol. The quantitative estimate of drug-likeness (QED) is 0.814. The number of amides is 1. The van der Waals surface area contributed by atoms with Crippen molar-refractivity contribution in [2.45, 2.75) is 51.2 Å². The average Bonchev–Trinajstić information content (AvgIpc) is 2.90. The molecule has 0 radical (unpaired) electrons. The summed E-state index contributed by atoms with van der Waals surface area (Å²) in [6.07, 6.45) is 4.34. The van der Waals surface area contributed by atoms with E-state index in [1.165, 1.54) is 29.7 Å². The van der Waals surface area contributed by atoms with Crippen LogP contribution >= 0.6 is 0 Å². The second-order valence-corrected chi connectivity index (χ2v) is 8.42. The highest BCUT2D eigenvalue weighted by Gasteiger charge is 2.47. The summed E-state index contributed by atoms with van der Waals surface area (Å²) in [5.41, 5.74) is 3.90. The molecular formula is C21H31N3O2. The van der Waals surface area contributed by atoms with E-state index < -0.39 is 0 Å². The smallest absolute Gasteiger partial charge is 0.410 e. The summed E-state index contributed by atoms with van der Waals surface area (Å²) < 4.78 is 5.78. The zero-order valence-corrected chi connectivity index (χ0v) is 16.3. The standard InChI is InChI=1S/C21H31N3O2/c1-16-6-4-7-19(17(16)2)23-12-8-18(9-13-23)24-11-5-10-21(15-24)14-22(3)20(25)26-21/h4,6-7,18H,5,8-15H2,1-3H3/t21-/m1/s1. The van der Waals surface area contributed by atoms with Crippen molar-refractivity contribution in [2.75, 3.05) is 44.7 Å². The van der Waals surface area contributed by atoms with Crippen LogP contribution in [0.25, 0.3) is 0 Å². The van der Waals surface area contributed by atoms with E-state index in [-0.39, 0.29) is 11.7 Å². The first-order chi connectivity index (χ1) is 12.5. The first-order valence-electron chi connectivity index (χ1n) is 9.97. The molecule has 142 valence electrons. The Hall–Kier alpha value is -1.75. The molecule has 3 heterocycles. The van der Waals surface area contributed by atoms with Crippen LogP contribution < -0.4 is 4.90 Å². The summed E-state index contributed by atoms with van der Waals surface area (Å²) >= 11 is 0. The molecule has 3 saturated heterocycles. The van der Waals surface area contributed by atoms with Gasteiger partial charge in [0.2, 0.25) is 0 Å². The van der Waals surface area contributed by atoms with Gasteiger partial charge in [0.1, 0.15) is 5.60 Å². The van der Waals surface area contributed by atoms with Crippen LogP contribution in [-0.4, -0.2) is 67.3 Å². The summed E-state index contributed by atoms with van der Waals surface area (Å²) in [4.78, 5) is 18.7. The van der Waals surface area contributed by atoms with Crippen molar-refractivity contribution >= 4 is 11.8 Å². The number of hydrogen-bond acceptors (Lipinski definition) is 4. The fourth-order valence-electron chi connectivity index (χ4n) is 5.00. The molecule has 4 rings (SSSR count). The number of piperidine rings is 2. The van der Waals surface area contributed by atoms with E-state index in [0.29, 0.717) is 6.04 Å². The number of ether oxygens (including phenoxy) is 1. The van der Waals surface area contributed by atoms with Gasteiger partial charge in [0.25, 0.3) is 0 Å². The largest absolute Gasteiger partial charge is 0.440 e. The summed E-state index contributed by atoms with van der Waals surface area (Å²) in [7, 11) is 1.85. The van der Waals surface area contributed by atoms with Gasteiger partial charge in [-0.05, 0) is 63.3 Å². The van der Waals surface area contributed by atoms with Gasteiger partial charge in [-0.3, -0.25) is 4.90 Å². The van der Waals surface area contributed by atoms with Crippen LogP contribution in [0.4, 0.5) is 10.5 Å². The summed E-state index contributed by atoms with van der Waals surface area (Å²) in [6, 6.07) is 7.23. The van der Waals surface area contributed by atoms with Crippen molar-refractivity contribution in [1.82, 2.24) is 9.80 Å². The van der Waals surface area contributed by atoms with Gasteiger partial charge in [0.05, 0.1) is 6.54 Å². The van der Waals surface area contributed by atoms with Crippen molar-refractivity contribution < 1.29 is 9.53 Å². The molecule has 0 bridgehead atoms. The molecule has 0 saturated carbocycles. The zero-order valence-electron chi connectivity index (χ0n) is 16.3. The van der Waals surface area contributed by atoms with Crippen molar-refractivity contribution in [3.05, 3.63) is 29.3 Å². The summed E-state index contributed by atoms with van der Waals surface area (Å²) in [6.45, 7) is 9.42. The molecular weight excluding hydrogens is 326 g/mol. The predicted molar refractivity (Wildman–Crippen MR) is 104 cm³/mol. The monoisotopic (exact) mass is 357 g/mol. The Morgan fingerprint density at radius 3 is 2.58 bits per heavy atom. The maximum Gasteiger partial charge on any atom is 0.410 e. The molecule has 1 amide bonds.